The second kappa shape index (κ2) is 17.0. The van der Waals surface area contributed by atoms with Gasteiger partial charge in [-0.25, -0.2) is 4.79 Å². The second-order valence-corrected chi connectivity index (χ2v) is 11.7. The Kier molecular flexibility index (Phi) is 14.4. The summed E-state index contributed by atoms with van der Waals surface area (Å²) in [4.78, 5) is 35.5. The molecule has 230 valence electrons. The molecule has 0 bridgehead atoms. The molecule has 0 saturated heterocycles. The van der Waals surface area contributed by atoms with E-state index in [1.54, 1.807) is 107 Å². The number of aryl methyl sites for hydroxylation is 1. The van der Waals surface area contributed by atoms with Crippen molar-refractivity contribution in [2.75, 3.05) is 5.32 Å². The molecule has 0 fully saturated rings. The van der Waals surface area contributed by atoms with Crippen molar-refractivity contribution in [1.29, 1.82) is 0 Å². The fourth-order valence-corrected chi connectivity index (χ4v) is 4.40. The Labute approximate surface area is 300 Å². The zero-order chi connectivity index (χ0) is 32.6. The Morgan fingerprint density at radius 2 is 1.38 bits per heavy atom. The van der Waals surface area contributed by atoms with Crippen molar-refractivity contribution >= 4 is 63.9 Å². The zero-order valence-corrected chi connectivity index (χ0v) is 30.0. The molecule has 4 rings (SSSR count). The Morgan fingerprint density at radius 1 is 0.822 bits per heavy atom. The maximum atomic E-state index is 12.4. The summed E-state index contributed by atoms with van der Waals surface area (Å²) in [6.45, 7) is 8.69. The number of ketones is 1. The van der Waals surface area contributed by atoms with Gasteiger partial charge in [0, 0.05) is 27.4 Å². The van der Waals surface area contributed by atoms with E-state index in [4.69, 9.17) is 44.3 Å². The van der Waals surface area contributed by atoms with Crippen LogP contribution in [0.2, 0.25) is 15.1 Å². The number of hydrogen-bond donors (Lipinski definition) is 1. The van der Waals surface area contributed by atoms with Crippen LogP contribution in [0.3, 0.4) is 0 Å². The molecule has 0 radical (unpaired) electrons. The van der Waals surface area contributed by atoms with Crippen LogP contribution in [0.15, 0.2) is 84.9 Å². The van der Waals surface area contributed by atoms with Gasteiger partial charge < -0.3 is 24.7 Å². The summed E-state index contributed by atoms with van der Waals surface area (Å²) in [5, 5.41) is 15.4. The third kappa shape index (κ3) is 10.8. The van der Waals surface area contributed by atoms with Crippen LogP contribution in [0.25, 0.3) is 0 Å². The minimum absolute atomic E-state index is 0. The van der Waals surface area contributed by atoms with Crippen LogP contribution in [-0.2, 0) is 9.53 Å². The van der Waals surface area contributed by atoms with Gasteiger partial charge in [0.1, 0.15) is 5.75 Å². The van der Waals surface area contributed by atoms with E-state index in [0.717, 1.165) is 5.56 Å². The monoisotopic (exact) mass is 677 g/mol. The van der Waals surface area contributed by atoms with Gasteiger partial charge in [-0.1, -0.05) is 59.1 Å². The topological polar surface area (TPSA) is 105 Å². The summed E-state index contributed by atoms with van der Waals surface area (Å²) in [5.74, 6) is -1.33. The summed E-state index contributed by atoms with van der Waals surface area (Å²) >= 11 is 18.1. The molecule has 1 N–H and O–H groups in total. The molecule has 4 aromatic carbocycles. The number of carboxylic acids is 1. The number of aromatic carboxylic acids is 1. The summed E-state index contributed by atoms with van der Waals surface area (Å²) < 4.78 is 10.9. The van der Waals surface area contributed by atoms with E-state index in [1.165, 1.54) is 6.07 Å². The van der Waals surface area contributed by atoms with Crippen LogP contribution in [-0.4, -0.2) is 29.4 Å². The number of benzene rings is 4. The van der Waals surface area contributed by atoms with Crippen LogP contribution >= 0.6 is 34.8 Å². The molecular weight excluding hydrogens is 648 g/mol. The van der Waals surface area contributed by atoms with E-state index in [0.29, 0.717) is 43.3 Å². The number of halogens is 3. The number of carbonyl (C=O) groups excluding carboxylic acids is 3. The van der Waals surface area contributed by atoms with E-state index in [2.05, 4.69) is 5.32 Å². The quantitative estimate of drug-likeness (QED) is 0.149. The van der Waals surface area contributed by atoms with Crippen molar-refractivity contribution in [2.45, 2.75) is 46.3 Å². The van der Waals surface area contributed by atoms with Crippen LogP contribution < -0.4 is 44.7 Å². The number of nitrogens with one attached hydrogen (secondary N) is 1. The molecule has 0 spiro atoms. The first kappa shape index (κ1) is 38.1. The van der Waals surface area contributed by atoms with Gasteiger partial charge in [0.15, 0.2) is 11.4 Å². The summed E-state index contributed by atoms with van der Waals surface area (Å²) in [6.07, 6.45) is -0.213. The fraction of sp³-hybridized carbons (Fsp3) is 0.206. The number of esters is 1. The van der Waals surface area contributed by atoms with Crippen molar-refractivity contribution < 1.29 is 58.5 Å². The molecule has 0 aliphatic rings. The molecule has 0 amide bonds. The van der Waals surface area contributed by atoms with Crippen molar-refractivity contribution in [2.24, 2.45) is 0 Å². The molecule has 0 atom stereocenters. The number of carboxylic acid groups (broad SMARTS) is 1. The standard InChI is InChI=1S/C20H21ClO4.C14H11Cl2NO2.Na/c1-13(2)24-19(23)20(3,4)25-17-11-7-15(8-12-17)18(22)14-5-9-16(21)10-6-14;1-8-6-7-10(15)13(12(8)16)17-11-5-3-2-4-9(11)14(18)19;/h5-13H,1-4H3;2-7,17H,1H3,(H,18,19);/q;;+1/p-1. The minimum Gasteiger partial charge on any atom is -0.545 e. The van der Waals surface area contributed by atoms with Crippen LogP contribution in [0.1, 0.15) is 59.5 Å². The molecule has 11 heteroatoms. The smallest absolute Gasteiger partial charge is 0.545 e. The van der Waals surface area contributed by atoms with Gasteiger partial charge >= 0.3 is 35.5 Å². The van der Waals surface area contributed by atoms with Gasteiger partial charge in [0.05, 0.1) is 27.8 Å². The Bertz CT molecular complexity index is 1640. The minimum atomic E-state index is -1.26. The Balaban J connectivity index is 0.000000317. The van der Waals surface area contributed by atoms with Gasteiger partial charge in [0.25, 0.3) is 0 Å². The molecule has 45 heavy (non-hydrogen) atoms. The third-order valence-corrected chi connectivity index (χ3v) is 7.18. The third-order valence-electron chi connectivity index (χ3n) is 6.12. The second-order valence-electron chi connectivity index (χ2n) is 10.4. The van der Waals surface area contributed by atoms with Crippen LogP contribution in [0.4, 0.5) is 11.4 Å². The fourth-order valence-electron chi connectivity index (χ4n) is 3.81. The van der Waals surface area contributed by atoms with E-state index >= 15 is 0 Å². The van der Waals surface area contributed by atoms with E-state index in [9.17, 15) is 19.5 Å². The summed E-state index contributed by atoms with van der Waals surface area (Å²) in [7, 11) is 0. The predicted octanol–water partition coefficient (Wildman–Crippen LogP) is 5.09. The molecular formula is C34H31Cl3NNaO6. The molecule has 0 aliphatic carbocycles. The predicted molar refractivity (Wildman–Crippen MR) is 173 cm³/mol. The zero-order valence-electron chi connectivity index (χ0n) is 25.7. The molecule has 0 saturated carbocycles. The van der Waals surface area contributed by atoms with E-state index in [1.807, 2.05) is 6.92 Å². The molecule has 0 aromatic heterocycles. The summed E-state index contributed by atoms with van der Waals surface area (Å²) in [5.41, 5.74) is 1.73. The van der Waals surface area contributed by atoms with Crippen molar-refractivity contribution in [1.82, 2.24) is 0 Å². The first-order valence-electron chi connectivity index (χ1n) is 13.5. The number of carbonyl (C=O) groups is 3. The molecule has 0 aliphatic heterocycles. The van der Waals surface area contributed by atoms with Gasteiger partial charge in [-0.15, -0.1) is 0 Å². The number of anilines is 2. The summed E-state index contributed by atoms with van der Waals surface area (Å²) in [6, 6.07) is 23.3. The maximum Gasteiger partial charge on any atom is 1.00 e. The molecule has 4 aromatic rings. The average Bonchev–Trinajstić information content (AvgIpc) is 2.97. The van der Waals surface area contributed by atoms with Gasteiger partial charge in [-0.05, 0) is 101 Å². The Hall–Kier alpha value is -3.04. The molecule has 0 unspecified atom stereocenters. The number of rotatable bonds is 9. The van der Waals surface area contributed by atoms with Crippen LogP contribution in [0, 0.1) is 6.92 Å². The van der Waals surface area contributed by atoms with Gasteiger partial charge in [0.2, 0.25) is 0 Å². The normalized spacial score (nSPS) is 10.6. The number of hydrogen-bond acceptors (Lipinski definition) is 7. The average molecular weight is 679 g/mol. The van der Waals surface area contributed by atoms with Crippen LogP contribution in [0.5, 0.6) is 5.75 Å². The molecule has 0 heterocycles. The van der Waals surface area contributed by atoms with Crippen molar-refractivity contribution in [3.8, 4) is 5.75 Å². The molecule has 7 nitrogen and oxygen atoms in total. The first-order valence-corrected chi connectivity index (χ1v) is 14.7. The number of para-hydroxylation sites is 1. The largest absolute Gasteiger partial charge is 1.00 e. The van der Waals surface area contributed by atoms with E-state index in [-0.39, 0.29) is 47.0 Å². The number of ether oxygens (including phenoxy) is 2. The Morgan fingerprint density at radius 3 is 1.93 bits per heavy atom. The van der Waals surface area contributed by atoms with E-state index < -0.39 is 17.5 Å². The van der Waals surface area contributed by atoms with Crippen molar-refractivity contribution in [3.05, 3.63) is 122 Å². The SMILES string of the molecule is CC(C)OC(=O)C(C)(C)Oc1ccc(C(=O)c2ccc(Cl)cc2)cc1.Cc1ccc(Cl)c(Nc2ccccc2C(=O)[O-])c1Cl.[Na+]. The maximum absolute atomic E-state index is 12.4. The van der Waals surface area contributed by atoms with Gasteiger partial charge in [-0.3, -0.25) is 4.79 Å². The first-order chi connectivity index (χ1) is 20.7. The van der Waals surface area contributed by atoms with Gasteiger partial charge in [-0.2, -0.15) is 0 Å². The van der Waals surface area contributed by atoms with Crippen molar-refractivity contribution in [3.63, 3.8) is 0 Å².